The van der Waals surface area contributed by atoms with Gasteiger partial charge < -0.3 is 24.8 Å². The van der Waals surface area contributed by atoms with E-state index >= 15 is 0 Å². The van der Waals surface area contributed by atoms with Gasteiger partial charge in [0.05, 0.1) is 0 Å². The number of halogens is 2. The Morgan fingerprint density at radius 2 is 0.969 bits per heavy atom. The Morgan fingerprint density at radius 1 is 0.594 bits per heavy atom. The summed E-state index contributed by atoms with van der Waals surface area (Å²) in [6, 6.07) is 6.47. The average Bonchev–Trinajstić information content (AvgIpc) is 3.01. The van der Waals surface area contributed by atoms with Crippen LogP contribution in [0, 0.1) is 0 Å². The van der Waals surface area contributed by atoms with Crippen LogP contribution >= 0.6 is 0 Å². The summed E-state index contributed by atoms with van der Waals surface area (Å²) in [5.74, 6) is 0. The van der Waals surface area contributed by atoms with E-state index in [1.54, 1.807) is 0 Å². The van der Waals surface area contributed by atoms with Gasteiger partial charge in [-0.05, 0) is 0 Å². The zero-order valence-corrected chi connectivity index (χ0v) is 23.4. The largest absolute Gasteiger partial charge is 1.00 e. The van der Waals surface area contributed by atoms with Gasteiger partial charge in [-0.2, -0.15) is 0 Å². The summed E-state index contributed by atoms with van der Waals surface area (Å²) in [4.78, 5) is 10.3. The fourth-order valence-corrected chi connectivity index (χ4v) is 7.16. The predicted octanol–water partition coefficient (Wildman–Crippen LogP) is -1.75. The van der Waals surface area contributed by atoms with Crippen molar-refractivity contribution >= 4 is 4.11 Å². The minimum atomic E-state index is -0.183. The molecule has 4 aliphatic rings. The van der Waals surface area contributed by atoms with Gasteiger partial charge in [-0.3, -0.25) is 0 Å². The molecule has 5 rings (SSSR count). The summed E-state index contributed by atoms with van der Waals surface area (Å²) in [6.45, 7) is 18.5. The van der Waals surface area contributed by atoms with Crippen LogP contribution in [0.1, 0.15) is 77.6 Å². The van der Waals surface area contributed by atoms with Crippen LogP contribution in [0.15, 0.2) is 36.9 Å². The van der Waals surface area contributed by atoms with E-state index in [4.69, 9.17) is 0 Å². The summed E-state index contributed by atoms with van der Waals surface area (Å²) in [5.41, 5.74) is 5.63. The van der Waals surface area contributed by atoms with E-state index in [9.17, 15) is 0 Å². The van der Waals surface area contributed by atoms with Crippen LogP contribution in [0.5, 0.6) is 0 Å². The fourth-order valence-electron chi connectivity index (χ4n) is 6.13. The summed E-state index contributed by atoms with van der Waals surface area (Å²) in [6.07, 6.45) is 9.23. The van der Waals surface area contributed by atoms with Crippen molar-refractivity contribution in [3.63, 3.8) is 0 Å². The van der Waals surface area contributed by atoms with E-state index in [-0.39, 0.29) is 36.1 Å². The number of nitrogens with zero attached hydrogens (tertiary/aromatic N) is 4. The average molecular weight is 563 g/mol. The molecule has 0 aromatic heterocycles. The first-order valence-corrected chi connectivity index (χ1v) is 12.2. The Hall–Kier alpha value is -1.03. The maximum absolute atomic E-state index is 2.98. The van der Waals surface area contributed by atoms with E-state index in [1.807, 2.05) is 0 Å². The standard InChI is InChI=1S/C25H34N4.2ClH.Ru/c1-16(2)26-11-12-27(17(3)4)24(26)15-20-9-10-21-23(22(20)24)25(21)28(18(5)6)13-14-29(25)19(7)8;;;/h9-14,16-19H,1-8H3;2*1H;/q;;;+2/p-2. The third-order valence-electron chi connectivity index (χ3n) is 7.24. The molecule has 1 aromatic rings. The number of rotatable bonds is 4. The van der Waals surface area contributed by atoms with Crippen molar-refractivity contribution < 1.29 is 42.7 Å². The van der Waals surface area contributed by atoms with Crippen molar-refractivity contribution in [1.29, 1.82) is 0 Å². The molecule has 1 aromatic carbocycles. The Kier molecular flexibility index (Phi) is 6.42. The second-order valence-electron chi connectivity index (χ2n) is 10.2. The topological polar surface area (TPSA) is 13.0 Å². The summed E-state index contributed by atoms with van der Waals surface area (Å²) < 4.78 is 1.41. The Bertz CT molecular complexity index is 962. The van der Waals surface area contributed by atoms with Crippen LogP contribution in [0.25, 0.3) is 0 Å². The van der Waals surface area contributed by atoms with E-state index in [0.717, 1.165) is 0 Å². The smallest absolute Gasteiger partial charge is 1.00 e. The number of hydrogen-bond acceptors (Lipinski definition) is 4. The van der Waals surface area contributed by atoms with Crippen molar-refractivity contribution in [2.24, 2.45) is 0 Å². The molecule has 4 nitrogen and oxygen atoms in total. The molecule has 0 bridgehead atoms. The van der Waals surface area contributed by atoms with Gasteiger partial charge in [-0.25, -0.2) is 0 Å². The minimum Gasteiger partial charge on any atom is -1.00 e. The molecule has 0 saturated carbocycles. The van der Waals surface area contributed by atoms with Gasteiger partial charge >= 0.3 is 192 Å². The van der Waals surface area contributed by atoms with Gasteiger partial charge in [0.1, 0.15) is 0 Å². The first-order chi connectivity index (χ1) is 14.1. The van der Waals surface area contributed by atoms with Crippen molar-refractivity contribution in [1.82, 2.24) is 19.6 Å². The minimum absolute atomic E-state index is 0. The quantitative estimate of drug-likeness (QED) is 0.404. The molecule has 2 aliphatic heterocycles. The van der Waals surface area contributed by atoms with Crippen LogP contribution in [-0.4, -0.2) is 47.9 Å². The number of hydrogen-bond donors (Lipinski definition) is 0. The maximum Gasteiger partial charge on any atom is -1.00 e. The van der Waals surface area contributed by atoms with Gasteiger partial charge in [-0.15, -0.1) is 0 Å². The zero-order chi connectivity index (χ0) is 21.7. The van der Waals surface area contributed by atoms with E-state index in [2.05, 4.69) is 130 Å². The molecule has 0 saturated heterocycles. The van der Waals surface area contributed by atoms with Gasteiger partial charge in [0, 0.05) is 0 Å². The SMILES string of the molecule is CC(C)N1C=CN(C(C)C)C12[C](=[Ru+2])c1ccc3c(c12)C31N(C(C)C)C=CN1C(C)C.[Cl-].[Cl-]. The van der Waals surface area contributed by atoms with Crippen molar-refractivity contribution in [2.75, 3.05) is 0 Å². The van der Waals surface area contributed by atoms with E-state index in [0.29, 0.717) is 24.2 Å². The molecule has 32 heavy (non-hydrogen) atoms. The van der Waals surface area contributed by atoms with E-state index < -0.39 is 0 Å². The zero-order valence-electron chi connectivity index (χ0n) is 20.2. The summed E-state index contributed by atoms with van der Waals surface area (Å²) in [7, 11) is 0. The van der Waals surface area contributed by atoms with Gasteiger partial charge in [0.15, 0.2) is 0 Å². The molecule has 176 valence electrons. The first-order valence-electron chi connectivity index (χ1n) is 11.3. The Morgan fingerprint density at radius 3 is 1.34 bits per heavy atom. The Balaban J connectivity index is 0.00000144. The molecule has 0 N–H and O–H groups in total. The molecule has 0 unspecified atom stereocenters. The van der Waals surface area contributed by atoms with Crippen molar-refractivity contribution in [3.8, 4) is 0 Å². The first kappa shape index (κ1) is 25.6. The molecule has 2 spiro atoms. The fraction of sp³-hybridized carbons (Fsp3) is 0.560. The number of benzene rings is 1. The molecular weight excluding hydrogens is 528 g/mol. The third kappa shape index (κ3) is 2.68. The van der Waals surface area contributed by atoms with Crippen molar-refractivity contribution in [3.05, 3.63) is 59.2 Å². The molecule has 7 heteroatoms. The van der Waals surface area contributed by atoms with Crippen LogP contribution < -0.4 is 24.8 Å². The second kappa shape index (κ2) is 8.03. The second-order valence-corrected chi connectivity index (χ2v) is 11.0. The van der Waals surface area contributed by atoms with Crippen LogP contribution in [0.4, 0.5) is 0 Å². The van der Waals surface area contributed by atoms with Crippen LogP contribution in [0.2, 0.25) is 0 Å². The van der Waals surface area contributed by atoms with Gasteiger partial charge in [0.25, 0.3) is 0 Å². The van der Waals surface area contributed by atoms with Gasteiger partial charge in [-0.1, -0.05) is 0 Å². The normalized spacial score (nSPS) is 20.6. The summed E-state index contributed by atoms with van der Waals surface area (Å²) >= 11 is 2.98. The predicted molar refractivity (Wildman–Crippen MR) is 119 cm³/mol. The van der Waals surface area contributed by atoms with Crippen LogP contribution in [0.3, 0.4) is 0 Å². The molecule has 2 heterocycles. The van der Waals surface area contributed by atoms with Crippen LogP contribution in [-0.2, 0) is 29.2 Å². The molecule has 0 radical (unpaired) electrons. The third-order valence-corrected chi connectivity index (χ3v) is 8.31. The van der Waals surface area contributed by atoms with E-state index in [1.165, 1.54) is 26.4 Å². The molecule has 2 aliphatic carbocycles. The molecular formula is C25H34Cl2N4Ru. The van der Waals surface area contributed by atoms with Gasteiger partial charge in [0.2, 0.25) is 0 Å². The summed E-state index contributed by atoms with van der Waals surface area (Å²) in [5, 5.41) is 0. The number of fused-ring (bicyclic) bond motifs is 6. The van der Waals surface area contributed by atoms with Crippen molar-refractivity contribution in [2.45, 2.75) is 90.9 Å². The molecule has 0 fully saturated rings. The molecule has 0 atom stereocenters. The monoisotopic (exact) mass is 562 g/mol. The maximum atomic E-state index is 2.98. The Labute approximate surface area is 215 Å². The molecule has 0 amide bonds.